The number of benzene rings is 1. The number of aliphatic hydroxyl groups is 2. The number of hydrogen-bond acceptors (Lipinski definition) is 3. The van der Waals surface area contributed by atoms with Gasteiger partial charge in [0, 0.05) is 5.92 Å². The quantitative estimate of drug-likeness (QED) is 0.711. The van der Waals surface area contributed by atoms with E-state index in [0.29, 0.717) is 5.56 Å². The average molecular weight is 177 g/mol. The highest BCUT2D eigenvalue weighted by molar-refractivity contribution is 5.33. The van der Waals surface area contributed by atoms with E-state index in [2.05, 4.69) is 0 Å². The molecule has 0 aliphatic heterocycles. The van der Waals surface area contributed by atoms with Crippen molar-refractivity contribution in [3.05, 3.63) is 35.4 Å². The molecule has 3 nitrogen and oxygen atoms in total. The smallest absolute Gasteiger partial charge is 0.0991 e. The topological polar surface area (TPSA) is 64.2 Å². The maximum absolute atomic E-state index is 8.88. The molecule has 1 aromatic rings. The minimum atomic E-state index is -0.243. The van der Waals surface area contributed by atoms with Crippen LogP contribution in [0.4, 0.5) is 0 Å². The molecule has 0 atom stereocenters. The summed E-state index contributed by atoms with van der Waals surface area (Å²) in [4.78, 5) is 0. The molecule has 0 bridgehead atoms. The Balaban J connectivity index is 2.85. The van der Waals surface area contributed by atoms with E-state index in [1.165, 1.54) is 0 Å². The fourth-order valence-electron chi connectivity index (χ4n) is 1.10. The third-order valence-electron chi connectivity index (χ3n) is 1.95. The molecule has 1 rings (SSSR count). The first-order chi connectivity index (χ1) is 6.31. The minimum Gasteiger partial charge on any atom is -0.396 e. The van der Waals surface area contributed by atoms with E-state index in [1.54, 1.807) is 24.3 Å². The van der Waals surface area contributed by atoms with E-state index in [4.69, 9.17) is 15.5 Å². The molecule has 68 valence electrons. The summed E-state index contributed by atoms with van der Waals surface area (Å²) in [6, 6.07) is 8.84. The van der Waals surface area contributed by atoms with Gasteiger partial charge in [0.2, 0.25) is 0 Å². The van der Waals surface area contributed by atoms with Gasteiger partial charge < -0.3 is 10.2 Å². The molecule has 0 heterocycles. The Labute approximate surface area is 76.9 Å². The van der Waals surface area contributed by atoms with Crippen molar-refractivity contribution in [2.24, 2.45) is 0 Å². The van der Waals surface area contributed by atoms with Crippen molar-refractivity contribution in [3.63, 3.8) is 0 Å². The first-order valence-corrected chi connectivity index (χ1v) is 4.03. The van der Waals surface area contributed by atoms with Crippen LogP contribution in [0.2, 0.25) is 0 Å². The summed E-state index contributed by atoms with van der Waals surface area (Å²) < 4.78 is 0. The van der Waals surface area contributed by atoms with Gasteiger partial charge in [-0.1, -0.05) is 12.1 Å². The summed E-state index contributed by atoms with van der Waals surface area (Å²) in [6.07, 6.45) is 0. The number of hydrogen-bond donors (Lipinski definition) is 2. The molecule has 3 heteroatoms. The lowest BCUT2D eigenvalue weighted by atomic mass is 10.00. The monoisotopic (exact) mass is 177 g/mol. The second-order valence-electron chi connectivity index (χ2n) is 2.80. The van der Waals surface area contributed by atoms with Crippen molar-refractivity contribution in [1.82, 2.24) is 0 Å². The van der Waals surface area contributed by atoms with E-state index < -0.39 is 0 Å². The molecule has 0 fully saturated rings. The lowest BCUT2D eigenvalue weighted by Gasteiger charge is -2.10. The lowest BCUT2D eigenvalue weighted by molar-refractivity contribution is 0.192. The molecule has 1 aromatic carbocycles. The molecule has 2 N–H and O–H groups in total. The van der Waals surface area contributed by atoms with Gasteiger partial charge in [0.25, 0.3) is 0 Å². The minimum absolute atomic E-state index is 0.0810. The van der Waals surface area contributed by atoms with Gasteiger partial charge in [-0.3, -0.25) is 0 Å². The maximum atomic E-state index is 8.88. The average Bonchev–Trinajstić information content (AvgIpc) is 2.21. The van der Waals surface area contributed by atoms with Gasteiger partial charge in [-0.05, 0) is 17.7 Å². The van der Waals surface area contributed by atoms with E-state index in [1.807, 2.05) is 6.07 Å². The van der Waals surface area contributed by atoms with Gasteiger partial charge in [0.15, 0.2) is 0 Å². The van der Waals surface area contributed by atoms with E-state index in [9.17, 15) is 0 Å². The van der Waals surface area contributed by atoms with Crippen molar-refractivity contribution >= 4 is 0 Å². The molecule has 13 heavy (non-hydrogen) atoms. The summed E-state index contributed by atoms with van der Waals surface area (Å²) in [5, 5.41) is 26.3. The molecule has 0 radical (unpaired) electrons. The van der Waals surface area contributed by atoms with Crippen LogP contribution in [0.1, 0.15) is 17.0 Å². The van der Waals surface area contributed by atoms with Gasteiger partial charge >= 0.3 is 0 Å². The second kappa shape index (κ2) is 4.61. The Kier molecular flexibility index (Phi) is 3.44. The summed E-state index contributed by atoms with van der Waals surface area (Å²) in [6.45, 7) is -0.162. The van der Waals surface area contributed by atoms with E-state index >= 15 is 0 Å². The molecule has 0 amide bonds. The van der Waals surface area contributed by atoms with Crippen LogP contribution in [0, 0.1) is 11.3 Å². The van der Waals surface area contributed by atoms with Crippen LogP contribution < -0.4 is 0 Å². The molecular weight excluding hydrogens is 166 g/mol. The Morgan fingerprint density at radius 1 is 1.15 bits per heavy atom. The summed E-state index contributed by atoms with van der Waals surface area (Å²) >= 11 is 0. The molecular formula is C10H11NO2. The molecule has 0 saturated carbocycles. The SMILES string of the molecule is N#Cc1ccc(C(CO)CO)cc1. The molecule has 0 saturated heterocycles. The molecule has 0 aromatic heterocycles. The van der Waals surface area contributed by atoms with E-state index in [-0.39, 0.29) is 19.1 Å². The number of nitriles is 1. The van der Waals surface area contributed by atoms with Crippen LogP contribution in [0.3, 0.4) is 0 Å². The normalized spacial score (nSPS) is 10.0. The number of aliphatic hydroxyl groups excluding tert-OH is 2. The van der Waals surface area contributed by atoms with Gasteiger partial charge in [-0.25, -0.2) is 0 Å². The van der Waals surface area contributed by atoms with E-state index in [0.717, 1.165) is 5.56 Å². The van der Waals surface area contributed by atoms with Crippen molar-refractivity contribution in [3.8, 4) is 6.07 Å². The second-order valence-corrected chi connectivity index (χ2v) is 2.80. The van der Waals surface area contributed by atoms with Crippen LogP contribution in [-0.4, -0.2) is 23.4 Å². The van der Waals surface area contributed by atoms with Gasteiger partial charge in [0.05, 0.1) is 24.8 Å². The molecule has 0 aliphatic rings. The fourth-order valence-corrected chi connectivity index (χ4v) is 1.10. The Morgan fingerprint density at radius 2 is 1.69 bits per heavy atom. The van der Waals surface area contributed by atoms with Gasteiger partial charge in [0.1, 0.15) is 0 Å². The zero-order valence-corrected chi connectivity index (χ0v) is 7.14. The molecule has 0 spiro atoms. The predicted octanol–water partition coefficient (Wildman–Crippen LogP) is 0.626. The molecule has 0 unspecified atom stereocenters. The van der Waals surface area contributed by atoms with Crippen molar-refractivity contribution in [2.45, 2.75) is 5.92 Å². The van der Waals surface area contributed by atoms with Crippen molar-refractivity contribution < 1.29 is 10.2 Å². The highest BCUT2D eigenvalue weighted by Gasteiger charge is 2.07. The number of rotatable bonds is 3. The number of nitrogens with zero attached hydrogens (tertiary/aromatic N) is 1. The lowest BCUT2D eigenvalue weighted by Crippen LogP contribution is -2.08. The first-order valence-electron chi connectivity index (χ1n) is 4.03. The standard InChI is InChI=1S/C10H11NO2/c11-5-8-1-3-9(4-2-8)10(6-12)7-13/h1-4,10,12-13H,6-7H2. The summed E-state index contributed by atoms with van der Waals surface area (Å²) in [5.74, 6) is -0.243. The maximum Gasteiger partial charge on any atom is 0.0991 e. The largest absolute Gasteiger partial charge is 0.396 e. The zero-order chi connectivity index (χ0) is 9.68. The summed E-state index contributed by atoms with van der Waals surface area (Å²) in [7, 11) is 0. The first kappa shape index (κ1) is 9.72. The van der Waals surface area contributed by atoms with Crippen LogP contribution in [0.25, 0.3) is 0 Å². The third-order valence-corrected chi connectivity index (χ3v) is 1.95. The fraction of sp³-hybridized carbons (Fsp3) is 0.300. The van der Waals surface area contributed by atoms with Crippen LogP contribution in [0.5, 0.6) is 0 Å². The van der Waals surface area contributed by atoms with Crippen LogP contribution in [-0.2, 0) is 0 Å². The summed E-state index contributed by atoms with van der Waals surface area (Å²) in [5.41, 5.74) is 1.43. The Hall–Kier alpha value is -1.37. The molecule has 0 aliphatic carbocycles. The Morgan fingerprint density at radius 3 is 2.08 bits per heavy atom. The van der Waals surface area contributed by atoms with Gasteiger partial charge in [-0.15, -0.1) is 0 Å². The van der Waals surface area contributed by atoms with Crippen molar-refractivity contribution in [2.75, 3.05) is 13.2 Å². The Bertz CT molecular complexity index is 296. The highest BCUT2D eigenvalue weighted by Crippen LogP contribution is 2.14. The van der Waals surface area contributed by atoms with Gasteiger partial charge in [-0.2, -0.15) is 5.26 Å². The predicted molar refractivity (Wildman–Crippen MR) is 48.1 cm³/mol. The van der Waals surface area contributed by atoms with Crippen molar-refractivity contribution in [1.29, 1.82) is 5.26 Å². The highest BCUT2D eigenvalue weighted by atomic mass is 16.3. The van der Waals surface area contributed by atoms with Crippen LogP contribution >= 0.6 is 0 Å². The third kappa shape index (κ3) is 2.28. The van der Waals surface area contributed by atoms with Crippen LogP contribution in [0.15, 0.2) is 24.3 Å². The zero-order valence-electron chi connectivity index (χ0n) is 7.14.